The maximum atomic E-state index is 5.41. The van der Waals surface area contributed by atoms with E-state index in [1.807, 2.05) is 24.6 Å². The van der Waals surface area contributed by atoms with Crippen LogP contribution >= 0.6 is 0 Å². The predicted molar refractivity (Wildman–Crippen MR) is 95.4 cm³/mol. The van der Waals surface area contributed by atoms with Crippen molar-refractivity contribution < 1.29 is 4.74 Å². The van der Waals surface area contributed by atoms with E-state index >= 15 is 0 Å². The van der Waals surface area contributed by atoms with Crippen LogP contribution in [0.1, 0.15) is 22.8 Å². The quantitative estimate of drug-likeness (QED) is 0.618. The fourth-order valence-corrected chi connectivity index (χ4v) is 2.41. The summed E-state index contributed by atoms with van der Waals surface area (Å²) in [6.45, 7) is 5.35. The maximum Gasteiger partial charge on any atom is 0.191 e. The zero-order chi connectivity index (χ0) is 17.5. The van der Waals surface area contributed by atoms with Crippen LogP contribution < -0.4 is 15.4 Å². The molecule has 0 bridgehead atoms. The minimum Gasteiger partial charge on any atom is -0.496 e. The lowest BCUT2D eigenvalue weighted by Crippen LogP contribution is -2.38. The number of methoxy groups -OCH3 is 1. The first-order valence-electron chi connectivity index (χ1n) is 7.98. The third kappa shape index (κ3) is 4.47. The van der Waals surface area contributed by atoms with Crippen LogP contribution in [0.2, 0.25) is 0 Å². The highest BCUT2D eigenvalue weighted by atomic mass is 16.5. The van der Waals surface area contributed by atoms with E-state index in [2.05, 4.69) is 44.9 Å². The van der Waals surface area contributed by atoms with Crippen molar-refractivity contribution in [3.63, 3.8) is 0 Å². The molecule has 0 unspecified atom stereocenters. The summed E-state index contributed by atoms with van der Waals surface area (Å²) in [7, 11) is 5.40. The summed E-state index contributed by atoms with van der Waals surface area (Å²) in [5.41, 5.74) is 2.41. The summed E-state index contributed by atoms with van der Waals surface area (Å²) in [5, 5.41) is 14.7. The lowest BCUT2D eigenvalue weighted by molar-refractivity contribution is 0.409. The standard InChI is InChI=1S/C17H26N6O/c1-12-6-7-15(24-5)14(10-12)8-9-19-17(18-3)20-11-16-22-21-13(2)23(16)4/h6-7,10H,8-9,11H2,1-5H3,(H2,18,19,20). The molecule has 1 aromatic carbocycles. The Morgan fingerprint density at radius 2 is 2.04 bits per heavy atom. The number of hydrogen-bond donors (Lipinski definition) is 2. The van der Waals surface area contributed by atoms with Crippen LogP contribution in [0.15, 0.2) is 23.2 Å². The molecule has 7 heteroatoms. The zero-order valence-electron chi connectivity index (χ0n) is 15.1. The van der Waals surface area contributed by atoms with E-state index in [1.165, 1.54) is 11.1 Å². The van der Waals surface area contributed by atoms with Crippen molar-refractivity contribution in [2.24, 2.45) is 12.0 Å². The average Bonchev–Trinajstić information content (AvgIpc) is 2.90. The molecule has 0 aliphatic carbocycles. The SMILES string of the molecule is CN=C(NCCc1cc(C)ccc1OC)NCc1nnc(C)n1C. The van der Waals surface area contributed by atoms with Gasteiger partial charge in [0.1, 0.15) is 11.6 Å². The second-order valence-electron chi connectivity index (χ2n) is 5.64. The summed E-state index contributed by atoms with van der Waals surface area (Å²) in [4.78, 5) is 4.24. The fourth-order valence-electron chi connectivity index (χ4n) is 2.41. The van der Waals surface area contributed by atoms with E-state index in [4.69, 9.17) is 4.74 Å². The number of nitrogens with zero attached hydrogens (tertiary/aromatic N) is 4. The van der Waals surface area contributed by atoms with Crippen molar-refractivity contribution in [3.05, 3.63) is 41.0 Å². The van der Waals surface area contributed by atoms with Crippen LogP contribution in [0.3, 0.4) is 0 Å². The molecular weight excluding hydrogens is 304 g/mol. The smallest absolute Gasteiger partial charge is 0.191 e. The van der Waals surface area contributed by atoms with Gasteiger partial charge in [0.15, 0.2) is 11.8 Å². The Kier molecular flexibility index (Phi) is 6.17. The monoisotopic (exact) mass is 330 g/mol. The molecule has 0 amide bonds. The molecule has 1 heterocycles. The second-order valence-corrected chi connectivity index (χ2v) is 5.64. The molecule has 2 rings (SSSR count). The molecule has 1 aromatic heterocycles. The van der Waals surface area contributed by atoms with Crippen molar-refractivity contribution >= 4 is 5.96 Å². The molecule has 130 valence electrons. The molecule has 7 nitrogen and oxygen atoms in total. The van der Waals surface area contributed by atoms with Crippen LogP contribution in [0.4, 0.5) is 0 Å². The van der Waals surface area contributed by atoms with Crippen molar-refractivity contribution in [1.29, 1.82) is 0 Å². The number of rotatable bonds is 6. The summed E-state index contributed by atoms with van der Waals surface area (Å²) in [6.07, 6.45) is 0.856. The molecule has 2 N–H and O–H groups in total. The van der Waals surface area contributed by atoms with E-state index in [0.29, 0.717) is 6.54 Å². The van der Waals surface area contributed by atoms with Gasteiger partial charge in [-0.2, -0.15) is 0 Å². The lowest BCUT2D eigenvalue weighted by atomic mass is 10.1. The molecule has 0 spiro atoms. The molecule has 24 heavy (non-hydrogen) atoms. The number of nitrogens with one attached hydrogen (secondary N) is 2. The number of benzene rings is 1. The number of aryl methyl sites for hydroxylation is 2. The van der Waals surface area contributed by atoms with Gasteiger partial charge in [0.25, 0.3) is 0 Å². The summed E-state index contributed by atoms with van der Waals surface area (Å²) in [6, 6.07) is 6.21. The van der Waals surface area contributed by atoms with Gasteiger partial charge in [0, 0.05) is 20.6 Å². The molecule has 0 fully saturated rings. The number of ether oxygens (including phenoxy) is 1. The normalized spacial score (nSPS) is 11.5. The Hall–Kier alpha value is -2.57. The molecular formula is C17H26N6O. The van der Waals surface area contributed by atoms with Crippen LogP contribution in [0, 0.1) is 13.8 Å². The predicted octanol–water partition coefficient (Wildman–Crippen LogP) is 1.35. The molecule has 0 saturated heterocycles. The first-order valence-corrected chi connectivity index (χ1v) is 7.98. The first kappa shape index (κ1) is 17.8. The van der Waals surface area contributed by atoms with Gasteiger partial charge in [-0.15, -0.1) is 10.2 Å². The van der Waals surface area contributed by atoms with Gasteiger partial charge in [-0.25, -0.2) is 0 Å². The highest BCUT2D eigenvalue weighted by molar-refractivity contribution is 5.79. The van der Waals surface area contributed by atoms with Gasteiger partial charge >= 0.3 is 0 Å². The van der Waals surface area contributed by atoms with Crippen molar-refractivity contribution in [3.8, 4) is 5.75 Å². The number of hydrogen-bond acceptors (Lipinski definition) is 4. The minimum atomic E-state index is 0.574. The first-order chi connectivity index (χ1) is 11.5. The van der Waals surface area contributed by atoms with Crippen LogP contribution in [-0.4, -0.2) is 41.4 Å². The van der Waals surface area contributed by atoms with Crippen LogP contribution in [-0.2, 0) is 20.0 Å². The second kappa shape index (κ2) is 8.33. The van der Waals surface area contributed by atoms with Crippen LogP contribution in [0.25, 0.3) is 0 Å². The Morgan fingerprint density at radius 1 is 1.25 bits per heavy atom. The number of guanidine groups is 1. The molecule has 0 aliphatic heterocycles. The van der Waals surface area contributed by atoms with E-state index < -0.39 is 0 Å². The Morgan fingerprint density at radius 3 is 2.67 bits per heavy atom. The minimum absolute atomic E-state index is 0.574. The van der Waals surface area contributed by atoms with Gasteiger partial charge in [0.05, 0.1) is 13.7 Å². The van der Waals surface area contributed by atoms with E-state index in [1.54, 1.807) is 14.2 Å². The largest absolute Gasteiger partial charge is 0.496 e. The zero-order valence-corrected chi connectivity index (χ0v) is 15.1. The van der Waals surface area contributed by atoms with Gasteiger partial charge in [-0.3, -0.25) is 4.99 Å². The van der Waals surface area contributed by atoms with E-state index in [0.717, 1.165) is 36.3 Å². The Balaban J connectivity index is 1.86. The third-order valence-corrected chi connectivity index (χ3v) is 3.94. The topological polar surface area (TPSA) is 76.4 Å². The van der Waals surface area contributed by atoms with Gasteiger partial charge in [-0.1, -0.05) is 17.7 Å². The van der Waals surface area contributed by atoms with Crippen molar-refractivity contribution in [1.82, 2.24) is 25.4 Å². The Labute approximate surface area is 143 Å². The van der Waals surface area contributed by atoms with E-state index in [9.17, 15) is 0 Å². The summed E-state index contributed by atoms with van der Waals surface area (Å²) < 4.78 is 7.37. The number of aromatic nitrogens is 3. The third-order valence-electron chi connectivity index (χ3n) is 3.94. The fraction of sp³-hybridized carbons (Fsp3) is 0.471. The number of aliphatic imine (C=N–C) groups is 1. The van der Waals surface area contributed by atoms with Crippen LogP contribution in [0.5, 0.6) is 5.75 Å². The van der Waals surface area contributed by atoms with Gasteiger partial charge in [-0.05, 0) is 31.9 Å². The average molecular weight is 330 g/mol. The summed E-state index contributed by atoms with van der Waals surface area (Å²) in [5.74, 6) is 3.42. The maximum absolute atomic E-state index is 5.41. The molecule has 0 aliphatic rings. The van der Waals surface area contributed by atoms with Crippen molar-refractivity contribution in [2.75, 3.05) is 20.7 Å². The molecule has 0 atom stereocenters. The highest BCUT2D eigenvalue weighted by Gasteiger charge is 2.07. The van der Waals surface area contributed by atoms with Gasteiger partial charge < -0.3 is 19.9 Å². The highest BCUT2D eigenvalue weighted by Crippen LogP contribution is 2.19. The molecule has 2 aromatic rings. The lowest BCUT2D eigenvalue weighted by Gasteiger charge is -2.13. The van der Waals surface area contributed by atoms with Crippen molar-refractivity contribution in [2.45, 2.75) is 26.8 Å². The molecule has 0 radical (unpaired) electrons. The Bertz CT molecular complexity index is 707. The van der Waals surface area contributed by atoms with E-state index in [-0.39, 0.29) is 0 Å². The molecule has 0 saturated carbocycles. The summed E-state index contributed by atoms with van der Waals surface area (Å²) >= 11 is 0. The van der Waals surface area contributed by atoms with Gasteiger partial charge in [0.2, 0.25) is 0 Å².